The van der Waals surface area contributed by atoms with Gasteiger partial charge in [-0.2, -0.15) is 5.43 Å². The van der Waals surface area contributed by atoms with Crippen LogP contribution in [0.25, 0.3) is 0 Å². The topological polar surface area (TPSA) is 15.0 Å². The fourth-order valence-corrected chi connectivity index (χ4v) is 4.44. The number of nitrogens with zero attached hydrogens (tertiary/aromatic N) is 1. The van der Waals surface area contributed by atoms with Gasteiger partial charge >= 0.3 is 0 Å². The molecule has 0 bridgehead atoms. The van der Waals surface area contributed by atoms with E-state index in [1.54, 1.807) is 4.91 Å². The van der Waals surface area contributed by atoms with Crippen LogP contribution in [0.4, 0.5) is 0 Å². The number of hydrogen-bond acceptors (Lipinski definition) is 1. The van der Waals surface area contributed by atoms with Crippen LogP contribution >= 0.6 is 10.0 Å². The number of hydrazone groups is 1. The smallest absolute Gasteiger partial charge is 0.170 e. The summed E-state index contributed by atoms with van der Waals surface area (Å²) in [6.07, 6.45) is 8.09. The Balaban J connectivity index is 2.94. The number of hydrogen-bond donors (Lipinski definition) is 1. The van der Waals surface area contributed by atoms with E-state index in [2.05, 4.69) is 56.6 Å². The van der Waals surface area contributed by atoms with Gasteiger partial charge in [0, 0.05) is 6.42 Å². The van der Waals surface area contributed by atoms with Crippen molar-refractivity contribution in [1.29, 1.82) is 0 Å². The van der Waals surface area contributed by atoms with Crippen LogP contribution in [0.3, 0.4) is 0 Å². The highest BCUT2D eigenvalue weighted by atomic mass is 32.3. The van der Waals surface area contributed by atoms with E-state index in [-0.39, 0.29) is 0 Å². The first kappa shape index (κ1) is 12.6. The van der Waals surface area contributed by atoms with Gasteiger partial charge in [-0.3, -0.25) is 0 Å². The van der Waals surface area contributed by atoms with Crippen molar-refractivity contribution < 1.29 is 4.68 Å². The van der Waals surface area contributed by atoms with E-state index in [4.69, 9.17) is 0 Å². The second-order valence-corrected chi connectivity index (χ2v) is 8.63. The summed E-state index contributed by atoms with van der Waals surface area (Å²) in [6, 6.07) is 0. The molecule has 0 spiro atoms. The molecule has 0 aromatic carbocycles. The Bertz CT molecular complexity index is 277. The van der Waals surface area contributed by atoms with Gasteiger partial charge in [-0.1, -0.05) is 20.8 Å². The van der Waals surface area contributed by atoms with Gasteiger partial charge in [0.05, 0.1) is 6.20 Å². The lowest BCUT2D eigenvalue weighted by molar-refractivity contribution is -0.544. The minimum atomic E-state index is -0.561. The van der Waals surface area contributed by atoms with Gasteiger partial charge in [-0.15, -0.1) is 4.68 Å². The zero-order valence-electron chi connectivity index (χ0n) is 10.7. The number of nitrogens with one attached hydrogen (secondary N) is 1. The molecular weight excluding hydrogens is 204 g/mol. The Hall–Kier alpha value is -0.440. The van der Waals surface area contributed by atoms with Crippen molar-refractivity contribution in [1.82, 2.24) is 5.43 Å². The normalized spacial score (nSPS) is 23.7. The second-order valence-electron chi connectivity index (χ2n) is 4.46. The van der Waals surface area contributed by atoms with Crippen molar-refractivity contribution in [2.45, 2.75) is 27.2 Å². The maximum absolute atomic E-state index is 3.34. The lowest BCUT2D eigenvalue weighted by Gasteiger charge is -2.38. The first-order chi connectivity index (χ1) is 7.03. The zero-order chi connectivity index (χ0) is 11.5. The molecule has 1 heterocycles. The average molecular weight is 229 g/mol. The van der Waals surface area contributed by atoms with Crippen LogP contribution < -0.4 is 5.43 Å². The first-order valence-corrected chi connectivity index (χ1v) is 8.17. The van der Waals surface area contributed by atoms with Crippen molar-refractivity contribution in [2.24, 2.45) is 5.92 Å². The number of allylic oxidation sites excluding steroid dienone is 1. The molecule has 1 rings (SSSR count). The Labute approximate surface area is 95.7 Å². The first-order valence-electron chi connectivity index (χ1n) is 5.79. The molecule has 0 amide bonds. The van der Waals surface area contributed by atoms with Crippen LogP contribution in [0, 0.1) is 5.92 Å². The number of hydrazine groups is 1. The summed E-state index contributed by atoms with van der Waals surface area (Å²) in [6.45, 7) is 7.00. The van der Waals surface area contributed by atoms with Gasteiger partial charge < -0.3 is 0 Å². The maximum Gasteiger partial charge on any atom is 0.170 e. The Morgan fingerprint density at radius 2 is 2.07 bits per heavy atom. The fraction of sp³-hybridized carbons (Fsp3) is 0.750. The van der Waals surface area contributed by atoms with E-state index >= 15 is 0 Å². The molecule has 0 saturated heterocycles. The van der Waals surface area contributed by atoms with E-state index in [1.165, 1.54) is 11.5 Å². The molecule has 0 aromatic heterocycles. The summed E-state index contributed by atoms with van der Waals surface area (Å²) in [5.74, 6) is 3.28. The third kappa shape index (κ3) is 2.77. The third-order valence-corrected chi connectivity index (χ3v) is 7.68. The Morgan fingerprint density at radius 3 is 2.60 bits per heavy atom. The molecule has 0 fully saturated rings. The molecule has 0 aromatic rings. The molecule has 1 aliphatic heterocycles. The minimum absolute atomic E-state index is 0.561. The van der Waals surface area contributed by atoms with Crippen molar-refractivity contribution in [3.63, 3.8) is 0 Å². The largest absolute Gasteiger partial charge is 0.220 e. The van der Waals surface area contributed by atoms with Crippen molar-refractivity contribution in [2.75, 3.05) is 24.8 Å². The molecule has 3 heteroatoms. The van der Waals surface area contributed by atoms with Gasteiger partial charge in [0.15, 0.2) is 13.3 Å². The Morgan fingerprint density at radius 1 is 1.47 bits per heavy atom. The van der Waals surface area contributed by atoms with Crippen molar-refractivity contribution >= 4 is 16.2 Å². The highest BCUT2D eigenvalue weighted by molar-refractivity contribution is 8.36. The standard InChI is InChI=1S/C12H25N2S/c1-6-15(5,7-2)12-10-13-14(4)9-8-11(12)3/h9-11,13H,6-8H2,1-5H3/q+1. The summed E-state index contributed by atoms with van der Waals surface area (Å²) >= 11 is 0. The molecule has 15 heavy (non-hydrogen) atoms. The van der Waals surface area contributed by atoms with E-state index < -0.39 is 10.0 Å². The molecule has 1 atom stereocenters. The molecule has 0 saturated carbocycles. The molecule has 88 valence electrons. The highest BCUT2D eigenvalue weighted by Gasteiger charge is 2.26. The quantitative estimate of drug-likeness (QED) is 0.735. The predicted octanol–water partition coefficient (Wildman–Crippen LogP) is 2.56. The molecule has 1 unspecified atom stereocenters. The summed E-state index contributed by atoms with van der Waals surface area (Å²) in [5.41, 5.74) is 3.34. The van der Waals surface area contributed by atoms with Crippen molar-refractivity contribution in [3.8, 4) is 0 Å². The Kier molecular flexibility index (Phi) is 4.26. The molecule has 0 radical (unpaired) electrons. The molecule has 2 nitrogen and oxygen atoms in total. The lowest BCUT2D eigenvalue weighted by atomic mass is 10.1. The fourth-order valence-electron chi connectivity index (χ4n) is 1.96. The SMILES string of the molecule is CCS(C)(CC)C1=CN[N+](C)=CCC1C. The summed E-state index contributed by atoms with van der Waals surface area (Å²) in [7, 11) is 1.51. The summed E-state index contributed by atoms with van der Waals surface area (Å²) in [5, 5.41) is 0. The minimum Gasteiger partial charge on any atom is -0.220 e. The van der Waals surface area contributed by atoms with Gasteiger partial charge in [0.2, 0.25) is 0 Å². The predicted molar refractivity (Wildman–Crippen MR) is 71.8 cm³/mol. The van der Waals surface area contributed by atoms with Gasteiger partial charge in [0.25, 0.3) is 0 Å². The van der Waals surface area contributed by atoms with Gasteiger partial charge in [-0.05, 0) is 28.6 Å². The van der Waals surface area contributed by atoms with Crippen LogP contribution in [-0.4, -0.2) is 35.7 Å². The van der Waals surface area contributed by atoms with Crippen LogP contribution in [0.2, 0.25) is 0 Å². The van der Waals surface area contributed by atoms with Crippen molar-refractivity contribution in [3.05, 3.63) is 11.1 Å². The van der Waals surface area contributed by atoms with Gasteiger partial charge in [0.1, 0.15) is 0 Å². The molecule has 1 aliphatic rings. The second kappa shape index (κ2) is 5.06. The average Bonchev–Trinajstić information content (AvgIpc) is 2.41. The van der Waals surface area contributed by atoms with E-state index in [1.807, 2.05) is 0 Å². The van der Waals surface area contributed by atoms with E-state index in [0.29, 0.717) is 5.92 Å². The lowest BCUT2D eigenvalue weighted by Crippen LogP contribution is -2.20. The molecule has 1 N–H and O–H groups in total. The van der Waals surface area contributed by atoms with Gasteiger partial charge in [-0.25, -0.2) is 10.0 Å². The summed E-state index contributed by atoms with van der Waals surface area (Å²) < 4.78 is 2.06. The van der Waals surface area contributed by atoms with Crippen LogP contribution in [-0.2, 0) is 0 Å². The van der Waals surface area contributed by atoms with E-state index in [0.717, 1.165) is 6.42 Å². The maximum atomic E-state index is 3.34. The molecule has 0 aliphatic carbocycles. The number of rotatable bonds is 3. The van der Waals surface area contributed by atoms with E-state index in [9.17, 15) is 0 Å². The third-order valence-electron chi connectivity index (χ3n) is 3.47. The summed E-state index contributed by atoms with van der Waals surface area (Å²) in [4.78, 5) is 1.65. The molecular formula is C12H25N2S+. The monoisotopic (exact) mass is 229 g/mol. The van der Waals surface area contributed by atoms with Crippen LogP contribution in [0.15, 0.2) is 11.1 Å². The zero-order valence-corrected chi connectivity index (χ0v) is 11.5. The van der Waals surface area contributed by atoms with Crippen LogP contribution in [0.5, 0.6) is 0 Å². The van der Waals surface area contributed by atoms with Crippen LogP contribution in [0.1, 0.15) is 27.2 Å². The highest BCUT2D eigenvalue weighted by Crippen LogP contribution is 2.54.